The van der Waals surface area contributed by atoms with E-state index in [-0.39, 0.29) is 17.1 Å². The normalized spacial score (nSPS) is 15.8. The summed E-state index contributed by atoms with van der Waals surface area (Å²) >= 11 is 0. The number of hydrogen-bond donors (Lipinski definition) is 1. The lowest BCUT2D eigenvalue weighted by Gasteiger charge is -2.27. The summed E-state index contributed by atoms with van der Waals surface area (Å²) in [5.74, 6) is -0.657. The van der Waals surface area contributed by atoms with Crippen molar-refractivity contribution < 1.29 is 18.7 Å². The Morgan fingerprint density at radius 3 is 2.12 bits per heavy atom. The summed E-state index contributed by atoms with van der Waals surface area (Å²) in [7, 11) is 0. The second-order valence-corrected chi connectivity index (χ2v) is 6.91. The first kappa shape index (κ1) is 21.1. The Morgan fingerprint density at radius 1 is 1.16 bits per heavy atom. The molecule has 2 fully saturated rings. The van der Waals surface area contributed by atoms with Gasteiger partial charge in [0.1, 0.15) is 11.4 Å². The number of halogens is 1. The maximum Gasteiger partial charge on any atom is 0.293 e. The number of piperazine rings is 1. The number of rotatable bonds is 2. The van der Waals surface area contributed by atoms with Gasteiger partial charge >= 0.3 is 0 Å². The second kappa shape index (κ2) is 10.8. The van der Waals surface area contributed by atoms with E-state index in [9.17, 15) is 14.0 Å². The van der Waals surface area contributed by atoms with Crippen molar-refractivity contribution in [3.8, 4) is 0 Å². The molecule has 1 saturated heterocycles. The van der Waals surface area contributed by atoms with Crippen LogP contribution in [0, 0.1) is 5.82 Å². The minimum absolute atomic E-state index is 0.166. The topological polar surface area (TPSA) is 58.6 Å². The summed E-state index contributed by atoms with van der Waals surface area (Å²) in [6.45, 7) is 8.77. The molecule has 5 nitrogen and oxygen atoms in total. The molecule has 140 valence electrons. The van der Waals surface area contributed by atoms with Crippen molar-refractivity contribution in [2.24, 2.45) is 0 Å². The first-order chi connectivity index (χ1) is 11.8. The lowest BCUT2D eigenvalue weighted by molar-refractivity contribution is -0.138. The highest BCUT2D eigenvalue weighted by molar-refractivity contribution is 5.94. The van der Waals surface area contributed by atoms with Gasteiger partial charge in [0.05, 0.1) is 5.56 Å². The van der Waals surface area contributed by atoms with Crippen molar-refractivity contribution in [2.75, 3.05) is 26.2 Å². The van der Waals surface area contributed by atoms with Gasteiger partial charge in [-0.3, -0.25) is 9.59 Å². The third-order valence-corrected chi connectivity index (χ3v) is 3.26. The minimum atomic E-state index is -0.443. The molecule has 1 aromatic carbocycles. The van der Waals surface area contributed by atoms with Gasteiger partial charge in [0.25, 0.3) is 12.4 Å². The largest absolute Gasteiger partial charge is 0.462 e. The third-order valence-electron chi connectivity index (χ3n) is 3.26. The number of carbonyl (C=O) groups excluding carboxylic acids is 2. The number of nitrogens with one attached hydrogen (secondary N) is 1. The van der Waals surface area contributed by atoms with E-state index in [0.29, 0.717) is 19.6 Å². The fraction of sp³-hybridized carbons (Fsp3) is 0.579. The van der Waals surface area contributed by atoms with Crippen LogP contribution >= 0.6 is 0 Å². The van der Waals surface area contributed by atoms with E-state index in [1.165, 1.54) is 31.4 Å². The molecule has 0 bridgehead atoms. The Bertz CT molecular complexity index is 533. The smallest absolute Gasteiger partial charge is 0.293 e. The van der Waals surface area contributed by atoms with Crippen LogP contribution in [0.5, 0.6) is 0 Å². The quantitative estimate of drug-likeness (QED) is 0.832. The highest BCUT2D eigenvalue weighted by Gasteiger charge is 2.20. The molecule has 0 atom stereocenters. The average Bonchev–Trinajstić information content (AvgIpc) is 3.44. The van der Waals surface area contributed by atoms with Crippen LogP contribution in [0.15, 0.2) is 24.3 Å². The van der Waals surface area contributed by atoms with Gasteiger partial charge in [-0.15, -0.1) is 0 Å². The standard InChI is InChI=1S/C11H13FN2O.C5H10O2.C3H6/c12-10-4-2-1-3-9(10)11(15)14-7-5-13-6-8-14;1-5(2,3)7-4-6;1-2-3-1/h1-4,13H,5-8H2;4H,1-3H3;1-3H2. The molecule has 0 unspecified atom stereocenters. The van der Waals surface area contributed by atoms with Gasteiger partial charge in [-0.2, -0.15) is 0 Å². The van der Waals surface area contributed by atoms with E-state index < -0.39 is 5.82 Å². The van der Waals surface area contributed by atoms with E-state index in [1.54, 1.807) is 17.0 Å². The van der Waals surface area contributed by atoms with Gasteiger partial charge in [0, 0.05) is 26.2 Å². The zero-order valence-corrected chi connectivity index (χ0v) is 15.4. The molecule has 1 aliphatic heterocycles. The number of carbonyl (C=O) groups is 2. The summed E-state index contributed by atoms with van der Waals surface area (Å²) in [6.07, 6.45) is 4.50. The number of amides is 1. The summed E-state index contributed by atoms with van der Waals surface area (Å²) < 4.78 is 17.9. The molecule has 2 aliphatic rings. The van der Waals surface area contributed by atoms with Crippen LogP contribution < -0.4 is 5.32 Å². The fourth-order valence-electron chi connectivity index (χ4n) is 1.82. The first-order valence-corrected chi connectivity index (χ1v) is 8.71. The van der Waals surface area contributed by atoms with Gasteiger partial charge in [0.2, 0.25) is 0 Å². The third kappa shape index (κ3) is 9.82. The number of ether oxygens (including phenoxy) is 1. The van der Waals surface area contributed by atoms with Gasteiger partial charge in [0.15, 0.2) is 0 Å². The predicted molar refractivity (Wildman–Crippen MR) is 95.9 cm³/mol. The lowest BCUT2D eigenvalue weighted by atomic mass is 10.1. The van der Waals surface area contributed by atoms with Crippen LogP contribution in [0.3, 0.4) is 0 Å². The van der Waals surface area contributed by atoms with E-state index in [2.05, 4.69) is 10.1 Å². The molecule has 1 saturated carbocycles. The van der Waals surface area contributed by atoms with Crippen molar-refractivity contribution in [1.82, 2.24) is 10.2 Å². The molecule has 25 heavy (non-hydrogen) atoms. The van der Waals surface area contributed by atoms with Crippen LogP contribution in [0.1, 0.15) is 50.4 Å². The molecule has 3 rings (SSSR count). The lowest BCUT2D eigenvalue weighted by Crippen LogP contribution is -2.46. The molecule has 1 aromatic rings. The van der Waals surface area contributed by atoms with Crippen molar-refractivity contribution in [1.29, 1.82) is 0 Å². The fourth-order valence-corrected chi connectivity index (χ4v) is 1.82. The molecule has 1 amide bonds. The van der Waals surface area contributed by atoms with Gasteiger partial charge in [-0.05, 0) is 32.9 Å². The van der Waals surface area contributed by atoms with Crippen LogP contribution in [-0.2, 0) is 9.53 Å². The van der Waals surface area contributed by atoms with Crippen molar-refractivity contribution in [3.63, 3.8) is 0 Å². The zero-order chi connectivity index (χ0) is 18.7. The Morgan fingerprint density at radius 2 is 1.72 bits per heavy atom. The SMILES string of the molecule is C1CC1.CC(C)(C)OC=O.O=C(c1ccccc1F)N1CCNCC1. The summed E-state index contributed by atoms with van der Waals surface area (Å²) in [5.41, 5.74) is -0.152. The monoisotopic (exact) mass is 352 g/mol. The molecule has 1 aliphatic carbocycles. The second-order valence-electron chi connectivity index (χ2n) is 6.91. The minimum Gasteiger partial charge on any atom is -0.462 e. The van der Waals surface area contributed by atoms with Gasteiger partial charge < -0.3 is 15.0 Å². The van der Waals surface area contributed by atoms with Gasteiger partial charge in [-0.25, -0.2) is 4.39 Å². The molecular weight excluding hydrogens is 323 g/mol. The average molecular weight is 352 g/mol. The van der Waals surface area contributed by atoms with E-state index in [0.717, 1.165) is 13.1 Å². The molecule has 0 spiro atoms. The van der Waals surface area contributed by atoms with Crippen molar-refractivity contribution in [2.45, 2.75) is 45.6 Å². The van der Waals surface area contributed by atoms with Gasteiger partial charge in [-0.1, -0.05) is 31.4 Å². The Balaban J connectivity index is 0.000000259. The van der Waals surface area contributed by atoms with Crippen molar-refractivity contribution in [3.05, 3.63) is 35.6 Å². The molecule has 1 heterocycles. The summed E-state index contributed by atoms with van der Waals surface area (Å²) in [4.78, 5) is 23.2. The molecule has 6 heteroatoms. The number of hydrogen-bond acceptors (Lipinski definition) is 4. The Labute approximate surface area is 149 Å². The Hall–Kier alpha value is -1.95. The number of nitrogens with zero attached hydrogens (tertiary/aromatic N) is 1. The van der Waals surface area contributed by atoms with E-state index in [1.807, 2.05) is 20.8 Å². The van der Waals surface area contributed by atoms with Crippen LogP contribution in [-0.4, -0.2) is 49.1 Å². The summed E-state index contributed by atoms with van der Waals surface area (Å²) in [6, 6.07) is 6.11. The van der Waals surface area contributed by atoms with E-state index >= 15 is 0 Å². The first-order valence-electron chi connectivity index (χ1n) is 8.71. The van der Waals surface area contributed by atoms with Crippen LogP contribution in [0.4, 0.5) is 4.39 Å². The Kier molecular flexibility index (Phi) is 9.13. The predicted octanol–water partition coefficient (Wildman–Crippen LogP) is 3.00. The van der Waals surface area contributed by atoms with Crippen LogP contribution in [0.25, 0.3) is 0 Å². The van der Waals surface area contributed by atoms with Crippen LogP contribution in [0.2, 0.25) is 0 Å². The van der Waals surface area contributed by atoms with E-state index in [4.69, 9.17) is 0 Å². The summed E-state index contributed by atoms with van der Waals surface area (Å²) in [5, 5.41) is 3.15. The molecular formula is C19H29FN2O3. The maximum absolute atomic E-state index is 13.3. The molecule has 0 radical (unpaired) electrons. The zero-order valence-electron chi connectivity index (χ0n) is 15.4. The molecule has 0 aromatic heterocycles. The maximum atomic E-state index is 13.3. The number of benzene rings is 1. The highest BCUT2D eigenvalue weighted by atomic mass is 19.1. The highest BCUT2D eigenvalue weighted by Crippen LogP contribution is 2.15. The van der Waals surface area contributed by atoms with Crippen molar-refractivity contribution >= 4 is 12.4 Å². The molecule has 1 N–H and O–H groups in total.